The number of carbonyl (C=O) groups excluding carboxylic acids is 1. The second-order valence-electron chi connectivity index (χ2n) is 6.59. The zero-order valence-corrected chi connectivity index (χ0v) is 11.4. The van der Waals surface area contributed by atoms with Crippen molar-refractivity contribution >= 4 is 6.09 Å². The first-order valence-corrected chi connectivity index (χ1v) is 6.52. The standard InChI is InChI=1S/C13H24N2O2/c1-10-7-13(5-6-14-8-13)9-15(10)11(16)17-12(2,3)4/h10,14H,5-9H2,1-4H3. The topological polar surface area (TPSA) is 41.6 Å². The van der Waals surface area contributed by atoms with Crippen LogP contribution in [-0.2, 0) is 4.74 Å². The van der Waals surface area contributed by atoms with Crippen LogP contribution in [-0.4, -0.2) is 42.3 Å². The van der Waals surface area contributed by atoms with Gasteiger partial charge in [0, 0.05) is 24.5 Å². The highest BCUT2D eigenvalue weighted by molar-refractivity contribution is 5.69. The molecule has 17 heavy (non-hydrogen) atoms. The zero-order valence-electron chi connectivity index (χ0n) is 11.4. The van der Waals surface area contributed by atoms with Crippen molar-refractivity contribution in [3.8, 4) is 0 Å². The third kappa shape index (κ3) is 2.73. The van der Waals surface area contributed by atoms with Crippen LogP contribution in [0.4, 0.5) is 4.79 Å². The molecule has 0 aromatic carbocycles. The van der Waals surface area contributed by atoms with Crippen molar-refractivity contribution in [2.75, 3.05) is 19.6 Å². The van der Waals surface area contributed by atoms with Crippen molar-refractivity contribution in [2.45, 2.75) is 52.2 Å². The van der Waals surface area contributed by atoms with Gasteiger partial charge in [-0.05, 0) is 47.1 Å². The zero-order chi connectivity index (χ0) is 12.7. The van der Waals surface area contributed by atoms with E-state index in [-0.39, 0.29) is 6.09 Å². The van der Waals surface area contributed by atoms with Crippen LogP contribution in [0.2, 0.25) is 0 Å². The van der Waals surface area contributed by atoms with Gasteiger partial charge in [0.1, 0.15) is 5.60 Å². The highest BCUT2D eigenvalue weighted by atomic mass is 16.6. The van der Waals surface area contributed by atoms with Gasteiger partial charge in [0.2, 0.25) is 0 Å². The van der Waals surface area contributed by atoms with E-state index in [2.05, 4.69) is 12.2 Å². The Balaban J connectivity index is 2.00. The molecular weight excluding hydrogens is 216 g/mol. The van der Waals surface area contributed by atoms with Gasteiger partial charge in [-0.15, -0.1) is 0 Å². The third-order valence-corrected chi connectivity index (χ3v) is 3.73. The summed E-state index contributed by atoms with van der Waals surface area (Å²) in [6, 6.07) is 0.296. The number of rotatable bonds is 0. The molecule has 1 spiro atoms. The molecule has 0 bridgehead atoms. The maximum Gasteiger partial charge on any atom is 0.410 e. The number of carbonyl (C=O) groups is 1. The SMILES string of the molecule is CC1CC2(CCNC2)CN1C(=O)OC(C)(C)C. The molecule has 0 aliphatic carbocycles. The summed E-state index contributed by atoms with van der Waals surface area (Å²) in [6.45, 7) is 10.8. The highest BCUT2D eigenvalue weighted by Gasteiger charge is 2.46. The van der Waals surface area contributed by atoms with Gasteiger partial charge < -0.3 is 15.0 Å². The lowest BCUT2D eigenvalue weighted by Gasteiger charge is -2.27. The molecule has 4 heteroatoms. The quantitative estimate of drug-likeness (QED) is 0.704. The molecule has 1 amide bonds. The molecule has 2 aliphatic heterocycles. The van der Waals surface area contributed by atoms with Crippen LogP contribution in [0.1, 0.15) is 40.5 Å². The fourth-order valence-corrected chi connectivity index (χ4v) is 2.99. The predicted molar refractivity (Wildman–Crippen MR) is 66.9 cm³/mol. The van der Waals surface area contributed by atoms with E-state index in [1.165, 1.54) is 6.42 Å². The molecule has 2 aliphatic rings. The first-order chi connectivity index (χ1) is 7.81. The molecule has 2 unspecified atom stereocenters. The van der Waals surface area contributed by atoms with Gasteiger partial charge in [-0.3, -0.25) is 0 Å². The van der Waals surface area contributed by atoms with E-state index in [0.29, 0.717) is 11.5 Å². The van der Waals surface area contributed by atoms with E-state index in [9.17, 15) is 4.79 Å². The molecule has 1 N–H and O–H groups in total. The summed E-state index contributed by atoms with van der Waals surface area (Å²) in [5.74, 6) is 0. The average molecular weight is 240 g/mol. The van der Waals surface area contributed by atoms with Gasteiger partial charge in [-0.2, -0.15) is 0 Å². The third-order valence-electron chi connectivity index (χ3n) is 3.73. The number of likely N-dealkylation sites (tertiary alicyclic amines) is 1. The van der Waals surface area contributed by atoms with Crippen LogP contribution < -0.4 is 5.32 Å². The van der Waals surface area contributed by atoms with Crippen LogP contribution in [0.5, 0.6) is 0 Å². The highest BCUT2D eigenvalue weighted by Crippen LogP contribution is 2.40. The Labute approximate surface area is 104 Å². The Morgan fingerprint density at radius 1 is 1.47 bits per heavy atom. The Morgan fingerprint density at radius 3 is 2.71 bits per heavy atom. The van der Waals surface area contributed by atoms with E-state index >= 15 is 0 Å². The number of hydrogen-bond donors (Lipinski definition) is 1. The van der Waals surface area contributed by atoms with Crippen LogP contribution in [0, 0.1) is 5.41 Å². The maximum atomic E-state index is 12.1. The molecule has 4 nitrogen and oxygen atoms in total. The summed E-state index contributed by atoms with van der Waals surface area (Å²) >= 11 is 0. The van der Waals surface area contributed by atoms with Crippen molar-refractivity contribution < 1.29 is 9.53 Å². The molecule has 0 radical (unpaired) electrons. The summed E-state index contributed by atoms with van der Waals surface area (Å²) in [4.78, 5) is 14.0. The molecule has 2 atom stereocenters. The van der Waals surface area contributed by atoms with E-state index in [1.54, 1.807) is 0 Å². The molecule has 98 valence electrons. The van der Waals surface area contributed by atoms with E-state index in [0.717, 1.165) is 26.1 Å². The van der Waals surface area contributed by atoms with Crippen LogP contribution in [0.3, 0.4) is 0 Å². The number of amides is 1. The minimum atomic E-state index is -0.402. The van der Waals surface area contributed by atoms with E-state index in [1.807, 2.05) is 25.7 Å². The van der Waals surface area contributed by atoms with Crippen LogP contribution in [0.25, 0.3) is 0 Å². The van der Waals surface area contributed by atoms with Gasteiger partial charge in [-0.25, -0.2) is 4.79 Å². The number of nitrogens with one attached hydrogen (secondary N) is 1. The fraction of sp³-hybridized carbons (Fsp3) is 0.923. The summed E-state index contributed by atoms with van der Waals surface area (Å²) in [5.41, 5.74) is -0.100. The van der Waals surface area contributed by atoms with Crippen molar-refractivity contribution in [1.82, 2.24) is 10.2 Å². The van der Waals surface area contributed by atoms with Crippen LogP contribution >= 0.6 is 0 Å². The predicted octanol–water partition coefficient (Wildman–Crippen LogP) is 2.00. The summed E-state index contributed by atoms with van der Waals surface area (Å²) in [6.07, 6.45) is 2.12. The van der Waals surface area contributed by atoms with Crippen molar-refractivity contribution in [3.05, 3.63) is 0 Å². The van der Waals surface area contributed by atoms with Gasteiger partial charge in [0.05, 0.1) is 0 Å². The Hall–Kier alpha value is -0.770. The van der Waals surface area contributed by atoms with Crippen molar-refractivity contribution in [3.63, 3.8) is 0 Å². The van der Waals surface area contributed by atoms with Crippen molar-refractivity contribution in [1.29, 1.82) is 0 Å². The molecule has 0 aromatic rings. The van der Waals surface area contributed by atoms with Crippen LogP contribution in [0.15, 0.2) is 0 Å². The summed E-state index contributed by atoms with van der Waals surface area (Å²) < 4.78 is 5.46. The normalized spacial score (nSPS) is 33.4. The molecule has 2 fully saturated rings. The monoisotopic (exact) mass is 240 g/mol. The van der Waals surface area contributed by atoms with E-state index < -0.39 is 5.60 Å². The van der Waals surface area contributed by atoms with Gasteiger partial charge in [0.25, 0.3) is 0 Å². The molecule has 0 aromatic heterocycles. The van der Waals surface area contributed by atoms with Gasteiger partial charge in [0.15, 0.2) is 0 Å². The average Bonchev–Trinajstić information content (AvgIpc) is 2.72. The lowest BCUT2D eigenvalue weighted by molar-refractivity contribution is 0.0224. The molecule has 2 heterocycles. The first kappa shape index (κ1) is 12.7. The maximum absolute atomic E-state index is 12.1. The molecule has 0 saturated carbocycles. The second kappa shape index (κ2) is 4.16. The minimum Gasteiger partial charge on any atom is -0.444 e. The summed E-state index contributed by atoms with van der Waals surface area (Å²) in [7, 11) is 0. The van der Waals surface area contributed by atoms with Crippen molar-refractivity contribution in [2.24, 2.45) is 5.41 Å². The van der Waals surface area contributed by atoms with Gasteiger partial charge in [-0.1, -0.05) is 0 Å². The Morgan fingerprint density at radius 2 is 2.18 bits per heavy atom. The molecule has 2 saturated heterocycles. The minimum absolute atomic E-state index is 0.159. The van der Waals surface area contributed by atoms with Gasteiger partial charge >= 0.3 is 6.09 Å². The molecular formula is C13H24N2O2. The Kier molecular flexibility index (Phi) is 3.10. The number of nitrogens with zero attached hydrogens (tertiary/aromatic N) is 1. The number of ether oxygens (including phenoxy) is 1. The Bertz CT molecular complexity index is 303. The first-order valence-electron chi connectivity index (χ1n) is 6.52. The number of hydrogen-bond acceptors (Lipinski definition) is 3. The van der Waals surface area contributed by atoms with E-state index in [4.69, 9.17) is 4.74 Å². The lowest BCUT2D eigenvalue weighted by Crippen LogP contribution is -2.40. The largest absolute Gasteiger partial charge is 0.444 e. The second-order valence-corrected chi connectivity index (χ2v) is 6.59. The fourth-order valence-electron chi connectivity index (χ4n) is 2.99. The smallest absolute Gasteiger partial charge is 0.410 e. The molecule has 2 rings (SSSR count). The lowest BCUT2D eigenvalue weighted by atomic mass is 9.85. The summed E-state index contributed by atoms with van der Waals surface area (Å²) in [5, 5.41) is 3.40.